The van der Waals surface area contributed by atoms with Crippen LogP contribution in [0.2, 0.25) is 0 Å². The molecule has 1 fully saturated rings. The number of halogens is 1. The fraction of sp³-hybridized carbons (Fsp3) is 0.333. The zero-order chi connectivity index (χ0) is 19.2. The van der Waals surface area contributed by atoms with Gasteiger partial charge in [0, 0.05) is 42.9 Å². The Balaban J connectivity index is 1.62. The van der Waals surface area contributed by atoms with Crippen LogP contribution < -0.4 is 5.32 Å². The number of amides is 1. The molecule has 27 heavy (non-hydrogen) atoms. The van der Waals surface area contributed by atoms with Crippen LogP contribution in [0, 0.1) is 5.82 Å². The SMILES string of the molecule is CC(=O)c1ccc(F)c(-c2ccc(C(=O)NCCN3CCOCC3)cc2)c1. The first-order chi connectivity index (χ1) is 13.0. The molecule has 1 amide bonds. The van der Waals surface area contributed by atoms with Gasteiger partial charge in [-0.3, -0.25) is 14.5 Å². The number of Topliss-reactive ketones (excluding diaryl/α,β-unsaturated/α-hetero) is 1. The molecule has 0 unspecified atom stereocenters. The van der Waals surface area contributed by atoms with E-state index in [4.69, 9.17) is 4.74 Å². The molecular weight excluding hydrogens is 347 g/mol. The minimum atomic E-state index is -0.400. The predicted octanol–water partition coefficient (Wildman–Crippen LogP) is 2.76. The molecule has 0 aromatic heterocycles. The molecule has 2 aromatic rings. The molecule has 0 radical (unpaired) electrons. The number of ketones is 1. The number of nitrogens with zero attached hydrogens (tertiary/aromatic N) is 1. The molecule has 1 saturated heterocycles. The lowest BCUT2D eigenvalue weighted by molar-refractivity contribution is 0.0383. The van der Waals surface area contributed by atoms with E-state index in [1.54, 1.807) is 24.3 Å². The van der Waals surface area contributed by atoms with Crippen LogP contribution in [-0.2, 0) is 4.74 Å². The topological polar surface area (TPSA) is 58.6 Å². The van der Waals surface area contributed by atoms with Crippen molar-refractivity contribution in [2.24, 2.45) is 0 Å². The molecule has 0 bridgehead atoms. The van der Waals surface area contributed by atoms with E-state index < -0.39 is 5.82 Å². The van der Waals surface area contributed by atoms with Crippen LogP contribution in [0.25, 0.3) is 11.1 Å². The van der Waals surface area contributed by atoms with Crippen LogP contribution in [0.4, 0.5) is 4.39 Å². The van der Waals surface area contributed by atoms with E-state index in [2.05, 4.69) is 10.2 Å². The maximum absolute atomic E-state index is 14.1. The largest absolute Gasteiger partial charge is 0.379 e. The third-order valence-electron chi connectivity index (χ3n) is 4.65. The van der Waals surface area contributed by atoms with Gasteiger partial charge in [-0.05, 0) is 42.8 Å². The number of carbonyl (C=O) groups excluding carboxylic acids is 2. The quantitative estimate of drug-likeness (QED) is 0.795. The molecule has 1 aliphatic rings. The maximum atomic E-state index is 14.1. The minimum Gasteiger partial charge on any atom is -0.379 e. The second kappa shape index (κ2) is 8.88. The number of ether oxygens (including phenoxy) is 1. The van der Waals surface area contributed by atoms with E-state index in [-0.39, 0.29) is 11.7 Å². The Labute approximate surface area is 158 Å². The van der Waals surface area contributed by atoms with Crippen LogP contribution in [0.5, 0.6) is 0 Å². The second-order valence-corrected chi connectivity index (χ2v) is 6.54. The fourth-order valence-corrected chi connectivity index (χ4v) is 3.02. The van der Waals surface area contributed by atoms with E-state index in [0.29, 0.717) is 28.8 Å². The van der Waals surface area contributed by atoms with Gasteiger partial charge in [0.25, 0.3) is 5.91 Å². The molecule has 0 spiro atoms. The van der Waals surface area contributed by atoms with Crippen molar-refractivity contribution in [2.45, 2.75) is 6.92 Å². The van der Waals surface area contributed by atoms with Gasteiger partial charge >= 0.3 is 0 Å². The molecular formula is C21H23FN2O3. The summed E-state index contributed by atoms with van der Waals surface area (Å²) in [6.07, 6.45) is 0. The Morgan fingerprint density at radius 2 is 1.74 bits per heavy atom. The van der Waals surface area contributed by atoms with Crippen LogP contribution in [-0.4, -0.2) is 56.0 Å². The van der Waals surface area contributed by atoms with Crippen LogP contribution in [0.15, 0.2) is 42.5 Å². The zero-order valence-electron chi connectivity index (χ0n) is 15.3. The van der Waals surface area contributed by atoms with Crippen molar-refractivity contribution in [2.75, 3.05) is 39.4 Å². The summed E-state index contributed by atoms with van der Waals surface area (Å²) in [6, 6.07) is 11.0. The minimum absolute atomic E-state index is 0.118. The average Bonchev–Trinajstić information content (AvgIpc) is 2.69. The Hall–Kier alpha value is -2.57. The molecule has 0 saturated carbocycles. The summed E-state index contributed by atoms with van der Waals surface area (Å²) >= 11 is 0. The smallest absolute Gasteiger partial charge is 0.251 e. The van der Waals surface area contributed by atoms with Gasteiger partial charge in [0.1, 0.15) is 5.82 Å². The summed E-state index contributed by atoms with van der Waals surface area (Å²) in [5.41, 5.74) is 1.95. The molecule has 2 aromatic carbocycles. The summed E-state index contributed by atoms with van der Waals surface area (Å²) < 4.78 is 19.4. The lowest BCUT2D eigenvalue weighted by atomic mass is 10.00. The van der Waals surface area contributed by atoms with Gasteiger partial charge in [-0.2, -0.15) is 0 Å². The van der Waals surface area contributed by atoms with Crippen molar-refractivity contribution >= 4 is 11.7 Å². The van der Waals surface area contributed by atoms with E-state index in [1.807, 2.05) is 0 Å². The van der Waals surface area contributed by atoms with Gasteiger partial charge in [0.15, 0.2) is 5.78 Å². The van der Waals surface area contributed by atoms with Gasteiger partial charge in [0.2, 0.25) is 0 Å². The van der Waals surface area contributed by atoms with Crippen molar-refractivity contribution in [3.05, 3.63) is 59.4 Å². The number of morpholine rings is 1. The van der Waals surface area contributed by atoms with E-state index in [1.165, 1.54) is 25.1 Å². The first-order valence-electron chi connectivity index (χ1n) is 9.04. The number of benzene rings is 2. The lowest BCUT2D eigenvalue weighted by Crippen LogP contribution is -2.41. The van der Waals surface area contributed by atoms with Crippen LogP contribution >= 0.6 is 0 Å². The fourth-order valence-electron chi connectivity index (χ4n) is 3.02. The number of nitrogens with one attached hydrogen (secondary N) is 1. The number of hydrogen-bond acceptors (Lipinski definition) is 4. The molecule has 1 N–H and O–H groups in total. The van der Waals surface area contributed by atoms with Crippen molar-refractivity contribution in [1.29, 1.82) is 0 Å². The molecule has 142 valence electrons. The lowest BCUT2D eigenvalue weighted by Gasteiger charge is -2.26. The normalized spacial score (nSPS) is 14.7. The zero-order valence-corrected chi connectivity index (χ0v) is 15.3. The van der Waals surface area contributed by atoms with Gasteiger partial charge < -0.3 is 10.1 Å². The Morgan fingerprint density at radius 3 is 2.41 bits per heavy atom. The highest BCUT2D eigenvalue weighted by atomic mass is 19.1. The monoisotopic (exact) mass is 370 g/mol. The summed E-state index contributed by atoms with van der Waals surface area (Å²) in [5, 5.41) is 2.90. The average molecular weight is 370 g/mol. The number of hydrogen-bond donors (Lipinski definition) is 1. The molecule has 0 aliphatic carbocycles. The third kappa shape index (κ3) is 4.99. The predicted molar refractivity (Wildman–Crippen MR) is 101 cm³/mol. The van der Waals surface area contributed by atoms with Crippen LogP contribution in [0.1, 0.15) is 27.6 Å². The van der Waals surface area contributed by atoms with Gasteiger partial charge in [-0.25, -0.2) is 4.39 Å². The highest BCUT2D eigenvalue weighted by Crippen LogP contribution is 2.24. The molecule has 5 nitrogen and oxygen atoms in total. The van der Waals surface area contributed by atoms with Gasteiger partial charge in [0.05, 0.1) is 13.2 Å². The molecule has 3 rings (SSSR count). The highest BCUT2D eigenvalue weighted by molar-refractivity contribution is 5.96. The first-order valence-corrected chi connectivity index (χ1v) is 9.04. The third-order valence-corrected chi connectivity index (χ3v) is 4.65. The highest BCUT2D eigenvalue weighted by Gasteiger charge is 2.12. The van der Waals surface area contributed by atoms with Gasteiger partial charge in [-0.1, -0.05) is 12.1 Å². The number of carbonyl (C=O) groups is 2. The second-order valence-electron chi connectivity index (χ2n) is 6.54. The molecule has 6 heteroatoms. The summed E-state index contributed by atoms with van der Waals surface area (Å²) in [7, 11) is 0. The summed E-state index contributed by atoms with van der Waals surface area (Å²) in [4.78, 5) is 26.0. The van der Waals surface area contributed by atoms with E-state index >= 15 is 0 Å². The van der Waals surface area contributed by atoms with Crippen LogP contribution in [0.3, 0.4) is 0 Å². The molecule has 1 heterocycles. The van der Waals surface area contributed by atoms with Crippen molar-refractivity contribution in [3.63, 3.8) is 0 Å². The van der Waals surface area contributed by atoms with E-state index in [9.17, 15) is 14.0 Å². The first kappa shape index (κ1) is 19.2. The van der Waals surface area contributed by atoms with Crippen molar-refractivity contribution < 1.29 is 18.7 Å². The number of rotatable bonds is 6. The Bertz CT molecular complexity index is 815. The van der Waals surface area contributed by atoms with Gasteiger partial charge in [-0.15, -0.1) is 0 Å². The molecule has 0 atom stereocenters. The Kier molecular flexibility index (Phi) is 6.32. The standard InChI is InChI=1S/C21H23FN2O3/c1-15(25)18-6-7-20(22)19(14-18)16-2-4-17(5-3-16)21(26)23-8-9-24-10-12-27-13-11-24/h2-7,14H,8-13H2,1H3,(H,23,26). The van der Waals surface area contributed by atoms with E-state index in [0.717, 1.165) is 32.8 Å². The Morgan fingerprint density at radius 1 is 1.07 bits per heavy atom. The summed E-state index contributed by atoms with van der Waals surface area (Å²) in [5.74, 6) is -0.678. The van der Waals surface area contributed by atoms with Crippen molar-refractivity contribution in [1.82, 2.24) is 10.2 Å². The summed E-state index contributed by atoms with van der Waals surface area (Å²) in [6.45, 7) is 6.03. The van der Waals surface area contributed by atoms with Crippen molar-refractivity contribution in [3.8, 4) is 11.1 Å². The molecule has 1 aliphatic heterocycles. The maximum Gasteiger partial charge on any atom is 0.251 e.